The van der Waals surface area contributed by atoms with Crippen LogP contribution in [0.3, 0.4) is 0 Å². The van der Waals surface area contributed by atoms with Crippen molar-refractivity contribution >= 4 is 17.9 Å². The van der Waals surface area contributed by atoms with Crippen molar-refractivity contribution in [2.45, 2.75) is 405 Å². The Bertz CT molecular complexity index is 1780. The van der Waals surface area contributed by atoms with Crippen LogP contribution in [-0.2, 0) is 33.3 Å². The summed E-state index contributed by atoms with van der Waals surface area (Å²) >= 11 is 0. The summed E-state index contributed by atoms with van der Waals surface area (Å²) in [7, 11) is 5.99. The van der Waals surface area contributed by atoms with E-state index in [0.717, 1.165) is 83.5 Å². The van der Waals surface area contributed by atoms with Crippen molar-refractivity contribution in [3.63, 3.8) is 0 Å². The van der Waals surface area contributed by atoms with Crippen molar-refractivity contribution in [2.75, 3.05) is 47.5 Å². The molecule has 9 heteroatoms. The number of likely N-dealkylation sites (N-methyl/N-ethyl adjacent to an activating group) is 1. The van der Waals surface area contributed by atoms with Gasteiger partial charge < -0.3 is 28.5 Å². The Morgan fingerprint density at radius 2 is 0.606 bits per heavy atom. The predicted molar refractivity (Wildman–Crippen MR) is 406 cm³/mol. The highest BCUT2D eigenvalue weighted by Gasteiger charge is 2.25. The van der Waals surface area contributed by atoms with Gasteiger partial charge in [-0.15, -0.1) is 0 Å². The summed E-state index contributed by atoms with van der Waals surface area (Å²) in [6, 6.07) is 0. The van der Waals surface area contributed by atoms with E-state index in [0.29, 0.717) is 23.9 Å². The standard InChI is InChI=1S/C85H155NO8/c1-6-8-10-12-14-16-18-20-22-24-26-28-30-32-34-36-37-38-39-40-41-42-43-44-45-46-48-49-51-53-55-57-59-61-63-65-67-69-71-73-75-82(87)92-79-81(80-93-85(84(89)90)91-78-77-86(3,4)5)94-83(88)76-74-72-70-68-66-64-62-60-58-56-54-52-50-47-35-33-31-29-27-25-23-21-19-17-15-13-11-9-7-2/h9,11,15,17,21,23,27,29,33,35,50,52,81,85H,6-8,10,12-14,16,18-20,22,24-26,28,30-32,34,36-49,51,53-80H2,1-5H3/p+1/b11-9-,17-15-,23-21-,29-27-,35-33-,52-50-. The SMILES string of the molecule is CC/C=C\C/C=C\C/C=C\C/C=C\C/C=C\C/C=C\CCCCCCCCCCCCC(=O)OC(COC(=O)CCCCCCCCCCCCCCCCCCCCCCCCCCCCCCCCCCCCCCCCCC)COC(OCC[N+](C)(C)C)C(=O)O. The van der Waals surface area contributed by atoms with Gasteiger partial charge in [-0.05, 0) is 64.2 Å². The number of carbonyl (C=O) groups excluding carboxylic acids is 2. The van der Waals surface area contributed by atoms with Gasteiger partial charge in [0.15, 0.2) is 6.10 Å². The second-order valence-electron chi connectivity index (χ2n) is 28.7. The lowest BCUT2D eigenvalue weighted by molar-refractivity contribution is -0.870. The fourth-order valence-corrected chi connectivity index (χ4v) is 12.1. The smallest absolute Gasteiger partial charge is 0.361 e. The number of carboxylic acid groups (broad SMARTS) is 1. The van der Waals surface area contributed by atoms with Crippen LogP contribution in [0.4, 0.5) is 0 Å². The molecule has 0 aliphatic carbocycles. The van der Waals surface area contributed by atoms with Gasteiger partial charge in [0.2, 0.25) is 0 Å². The molecular weight excluding hydrogens is 1160 g/mol. The van der Waals surface area contributed by atoms with Crippen LogP contribution in [0.5, 0.6) is 0 Å². The summed E-state index contributed by atoms with van der Waals surface area (Å²) in [6.45, 7) is 4.82. The largest absolute Gasteiger partial charge is 0.477 e. The molecule has 0 fully saturated rings. The van der Waals surface area contributed by atoms with Gasteiger partial charge in [-0.3, -0.25) is 9.59 Å². The Morgan fingerprint density at radius 1 is 0.330 bits per heavy atom. The van der Waals surface area contributed by atoms with Crippen LogP contribution in [0, 0.1) is 0 Å². The predicted octanol–water partition coefficient (Wildman–Crippen LogP) is 26.0. The number of carboxylic acids is 1. The van der Waals surface area contributed by atoms with Crippen LogP contribution in [-0.4, -0.2) is 87.4 Å². The first-order valence-corrected chi connectivity index (χ1v) is 40.6. The van der Waals surface area contributed by atoms with Crippen molar-refractivity contribution in [3.8, 4) is 0 Å². The Labute approximate surface area is 583 Å². The summed E-state index contributed by atoms with van der Waals surface area (Å²) in [5, 5.41) is 9.77. The molecule has 0 heterocycles. The number of rotatable bonds is 76. The molecule has 1 N–H and O–H groups in total. The molecule has 0 aromatic heterocycles. The Kier molecular flexibility index (Phi) is 72.9. The zero-order valence-corrected chi connectivity index (χ0v) is 62.9. The van der Waals surface area contributed by atoms with Crippen molar-refractivity contribution in [1.29, 1.82) is 0 Å². The quantitative estimate of drug-likeness (QED) is 0.0211. The molecule has 0 aromatic carbocycles. The average molecular weight is 1320 g/mol. The summed E-state index contributed by atoms with van der Waals surface area (Å²) in [5.41, 5.74) is 0. The average Bonchev–Trinajstić information content (AvgIpc) is 3.72. The highest BCUT2D eigenvalue weighted by molar-refractivity contribution is 5.71. The van der Waals surface area contributed by atoms with Gasteiger partial charge >= 0.3 is 17.9 Å². The van der Waals surface area contributed by atoms with Gasteiger partial charge in [0, 0.05) is 12.8 Å². The number of ether oxygens (including phenoxy) is 4. The van der Waals surface area contributed by atoms with E-state index in [9.17, 15) is 19.5 Å². The molecule has 0 rings (SSSR count). The molecule has 0 amide bonds. The van der Waals surface area contributed by atoms with E-state index in [1.807, 2.05) is 21.1 Å². The van der Waals surface area contributed by atoms with E-state index < -0.39 is 24.3 Å². The number of hydrogen-bond acceptors (Lipinski definition) is 7. The minimum Gasteiger partial charge on any atom is -0.477 e. The molecule has 9 nitrogen and oxygen atoms in total. The van der Waals surface area contributed by atoms with Crippen LogP contribution >= 0.6 is 0 Å². The lowest BCUT2D eigenvalue weighted by Gasteiger charge is -2.25. The minimum atomic E-state index is -1.51. The molecular formula is C85H156NO8+. The molecule has 2 atom stereocenters. The first-order valence-electron chi connectivity index (χ1n) is 40.6. The van der Waals surface area contributed by atoms with E-state index in [1.54, 1.807) is 0 Å². The van der Waals surface area contributed by atoms with Gasteiger partial charge in [-0.1, -0.05) is 389 Å². The Morgan fingerprint density at radius 3 is 0.904 bits per heavy atom. The van der Waals surface area contributed by atoms with Crippen molar-refractivity contribution in [1.82, 2.24) is 0 Å². The summed E-state index contributed by atoms with van der Waals surface area (Å²) in [6.07, 6.45) is 99.3. The molecule has 0 aromatic rings. The van der Waals surface area contributed by atoms with E-state index in [1.165, 1.54) is 276 Å². The number of nitrogens with zero attached hydrogens (tertiary/aromatic N) is 1. The summed E-state index contributed by atoms with van der Waals surface area (Å²) in [5.74, 6) is -1.99. The van der Waals surface area contributed by atoms with E-state index in [-0.39, 0.29) is 32.2 Å². The molecule has 2 unspecified atom stereocenters. The number of allylic oxidation sites excluding steroid dienone is 12. The lowest BCUT2D eigenvalue weighted by atomic mass is 10.0. The maximum atomic E-state index is 13.0. The van der Waals surface area contributed by atoms with Crippen LogP contribution in [0.15, 0.2) is 72.9 Å². The Balaban J connectivity index is 3.96. The molecule has 0 saturated carbocycles. The van der Waals surface area contributed by atoms with Crippen LogP contribution in [0.2, 0.25) is 0 Å². The second kappa shape index (κ2) is 75.5. The molecule has 548 valence electrons. The summed E-state index contributed by atoms with van der Waals surface area (Å²) in [4.78, 5) is 37.7. The zero-order valence-electron chi connectivity index (χ0n) is 62.9. The van der Waals surface area contributed by atoms with Crippen LogP contribution < -0.4 is 0 Å². The third-order valence-electron chi connectivity index (χ3n) is 18.2. The minimum absolute atomic E-state index is 0.182. The number of quaternary nitrogens is 1. The van der Waals surface area contributed by atoms with Gasteiger partial charge in [0.25, 0.3) is 6.29 Å². The van der Waals surface area contributed by atoms with Gasteiger partial charge in [-0.2, -0.15) is 0 Å². The first-order chi connectivity index (χ1) is 46.1. The van der Waals surface area contributed by atoms with Crippen molar-refractivity contribution in [2.24, 2.45) is 0 Å². The molecule has 0 bridgehead atoms. The third kappa shape index (κ3) is 76.1. The van der Waals surface area contributed by atoms with Crippen LogP contribution in [0.25, 0.3) is 0 Å². The number of unbranched alkanes of at least 4 members (excludes halogenated alkanes) is 49. The maximum Gasteiger partial charge on any atom is 0.361 e. The molecule has 0 aliphatic rings. The summed E-state index contributed by atoms with van der Waals surface area (Å²) < 4.78 is 23.0. The lowest BCUT2D eigenvalue weighted by Crippen LogP contribution is -2.40. The van der Waals surface area contributed by atoms with Gasteiger partial charge in [0.1, 0.15) is 13.2 Å². The normalized spacial score (nSPS) is 13.0. The van der Waals surface area contributed by atoms with E-state index >= 15 is 0 Å². The fourth-order valence-electron chi connectivity index (χ4n) is 12.1. The van der Waals surface area contributed by atoms with Crippen molar-refractivity contribution in [3.05, 3.63) is 72.9 Å². The molecule has 0 radical (unpaired) electrons. The highest BCUT2D eigenvalue weighted by Crippen LogP contribution is 2.20. The first kappa shape index (κ1) is 90.7. The van der Waals surface area contributed by atoms with Gasteiger partial charge in [0.05, 0.1) is 34.4 Å². The van der Waals surface area contributed by atoms with E-state index in [2.05, 4.69) is 86.8 Å². The number of aliphatic carboxylic acids is 1. The molecule has 94 heavy (non-hydrogen) atoms. The van der Waals surface area contributed by atoms with Crippen LogP contribution in [0.1, 0.15) is 393 Å². The van der Waals surface area contributed by atoms with E-state index in [4.69, 9.17) is 18.9 Å². The molecule has 0 spiro atoms. The monoisotopic (exact) mass is 1320 g/mol. The Hall–Kier alpha value is -3.27. The molecule has 0 aliphatic heterocycles. The maximum absolute atomic E-state index is 13.0. The van der Waals surface area contributed by atoms with Gasteiger partial charge in [-0.25, -0.2) is 4.79 Å². The number of hydrogen-bond donors (Lipinski definition) is 1. The number of esters is 2. The zero-order chi connectivity index (χ0) is 68.2. The number of carbonyl (C=O) groups is 3. The van der Waals surface area contributed by atoms with Crippen molar-refractivity contribution < 1.29 is 42.9 Å². The molecule has 0 saturated heterocycles. The fraction of sp³-hybridized carbons (Fsp3) is 0.824. The third-order valence-corrected chi connectivity index (χ3v) is 18.2. The highest BCUT2D eigenvalue weighted by atomic mass is 16.7. The second-order valence-corrected chi connectivity index (χ2v) is 28.7. The topological polar surface area (TPSA) is 108 Å².